The van der Waals surface area contributed by atoms with Crippen LogP contribution in [0.2, 0.25) is 0 Å². The van der Waals surface area contributed by atoms with Gasteiger partial charge in [0.25, 0.3) is 5.91 Å². The molecule has 4 rings (SSSR count). The van der Waals surface area contributed by atoms with Crippen LogP contribution in [0.3, 0.4) is 0 Å². The molecule has 1 aliphatic heterocycles. The van der Waals surface area contributed by atoms with Crippen LogP contribution in [0.15, 0.2) is 60.0 Å². The van der Waals surface area contributed by atoms with E-state index in [1.807, 2.05) is 28.5 Å². The molecule has 0 spiro atoms. The molecule has 3 aromatic rings. The van der Waals surface area contributed by atoms with Crippen LogP contribution in [0.25, 0.3) is 0 Å². The molecule has 156 valence electrons. The van der Waals surface area contributed by atoms with Gasteiger partial charge in [-0.2, -0.15) is 0 Å². The average Bonchev–Trinajstić information content (AvgIpc) is 3.23. The number of hydrogen-bond donors (Lipinski definition) is 0. The molecule has 1 aliphatic rings. The first-order valence-corrected chi connectivity index (χ1v) is 11.3. The maximum Gasteiger partial charge on any atom is 0.264 e. The van der Waals surface area contributed by atoms with Crippen molar-refractivity contribution in [3.05, 3.63) is 87.1 Å². The summed E-state index contributed by atoms with van der Waals surface area (Å²) in [4.78, 5) is 18.1. The number of benzene rings is 2. The number of thiophene rings is 1. The summed E-state index contributed by atoms with van der Waals surface area (Å²) < 4.78 is 6.04. The second kappa shape index (κ2) is 9.45. The maximum absolute atomic E-state index is 12.9. The lowest BCUT2D eigenvalue weighted by atomic mass is 10.1. The fourth-order valence-electron chi connectivity index (χ4n) is 3.85. The number of carbonyl (C=O) groups is 1. The highest BCUT2D eigenvalue weighted by Crippen LogP contribution is 2.25. The molecule has 1 fully saturated rings. The van der Waals surface area contributed by atoms with Crippen molar-refractivity contribution in [2.24, 2.45) is 0 Å². The molecule has 0 bridgehead atoms. The van der Waals surface area contributed by atoms with E-state index in [0.29, 0.717) is 6.61 Å². The fraction of sp³-hybridized carbons (Fsp3) is 0.320. The molecule has 0 saturated carbocycles. The van der Waals surface area contributed by atoms with Gasteiger partial charge in [0.2, 0.25) is 0 Å². The Kier molecular flexibility index (Phi) is 6.50. The highest BCUT2D eigenvalue weighted by Gasteiger charge is 2.23. The third-order valence-corrected chi connectivity index (χ3v) is 6.53. The lowest BCUT2D eigenvalue weighted by molar-refractivity contribution is 0.0633. The Balaban J connectivity index is 1.30. The number of rotatable bonds is 6. The predicted octanol–water partition coefficient (Wildman–Crippen LogP) is 4.90. The van der Waals surface area contributed by atoms with Gasteiger partial charge in [-0.25, -0.2) is 0 Å². The number of carbonyl (C=O) groups excluding carboxylic acids is 1. The number of ether oxygens (including phenoxy) is 1. The summed E-state index contributed by atoms with van der Waals surface area (Å²) in [6, 6.07) is 18.7. The molecule has 2 aromatic carbocycles. The quantitative estimate of drug-likeness (QED) is 0.568. The van der Waals surface area contributed by atoms with E-state index in [1.165, 1.54) is 16.9 Å². The van der Waals surface area contributed by atoms with E-state index in [9.17, 15) is 4.79 Å². The van der Waals surface area contributed by atoms with Crippen LogP contribution in [0, 0.1) is 13.8 Å². The normalized spacial score (nSPS) is 14.7. The molecule has 4 nitrogen and oxygen atoms in total. The molecule has 1 saturated heterocycles. The second-order valence-corrected chi connectivity index (χ2v) is 8.79. The zero-order chi connectivity index (χ0) is 20.9. The standard InChI is InChI=1S/C25H28N2O2S/c1-19-7-6-8-20(2)24(19)29-17-22-15-23(30-18-22)25(28)27-13-11-26(12-14-27)16-21-9-4-3-5-10-21/h3-10,15,18H,11-14,16-17H2,1-2H3. The van der Waals surface area contributed by atoms with E-state index >= 15 is 0 Å². The average molecular weight is 421 g/mol. The number of nitrogens with zero attached hydrogens (tertiary/aromatic N) is 2. The third kappa shape index (κ3) is 4.91. The molecule has 0 N–H and O–H groups in total. The molecule has 0 unspecified atom stereocenters. The number of aryl methyl sites for hydroxylation is 2. The lowest BCUT2D eigenvalue weighted by Crippen LogP contribution is -2.48. The highest BCUT2D eigenvalue weighted by molar-refractivity contribution is 7.12. The zero-order valence-electron chi connectivity index (χ0n) is 17.6. The van der Waals surface area contributed by atoms with Gasteiger partial charge in [-0.15, -0.1) is 11.3 Å². The minimum atomic E-state index is 0.137. The van der Waals surface area contributed by atoms with Gasteiger partial charge < -0.3 is 9.64 Å². The van der Waals surface area contributed by atoms with E-state index in [1.54, 1.807) is 0 Å². The molecule has 0 aliphatic carbocycles. The van der Waals surface area contributed by atoms with Gasteiger partial charge in [0.15, 0.2) is 0 Å². The van der Waals surface area contributed by atoms with Crippen molar-refractivity contribution in [3.8, 4) is 5.75 Å². The first kappa shape index (κ1) is 20.6. The van der Waals surface area contributed by atoms with E-state index < -0.39 is 0 Å². The summed E-state index contributed by atoms with van der Waals surface area (Å²) >= 11 is 1.51. The smallest absolute Gasteiger partial charge is 0.264 e. The Hall–Kier alpha value is -2.63. The van der Waals surface area contributed by atoms with Gasteiger partial charge in [-0.3, -0.25) is 9.69 Å². The second-order valence-electron chi connectivity index (χ2n) is 7.88. The van der Waals surface area contributed by atoms with Crippen LogP contribution < -0.4 is 4.74 Å². The SMILES string of the molecule is Cc1cccc(C)c1OCc1csc(C(=O)N2CCN(Cc3ccccc3)CC2)c1. The molecule has 1 aromatic heterocycles. The summed E-state index contributed by atoms with van der Waals surface area (Å²) in [7, 11) is 0. The van der Waals surface area contributed by atoms with Crippen LogP contribution in [0.4, 0.5) is 0 Å². The molecular formula is C25H28N2O2S. The van der Waals surface area contributed by atoms with Crippen molar-refractivity contribution < 1.29 is 9.53 Å². The van der Waals surface area contributed by atoms with Crippen molar-refractivity contribution >= 4 is 17.2 Å². The Labute approximate surface area is 182 Å². The van der Waals surface area contributed by atoms with Gasteiger partial charge in [0, 0.05) is 38.3 Å². The van der Waals surface area contributed by atoms with Crippen molar-refractivity contribution in [1.29, 1.82) is 0 Å². The summed E-state index contributed by atoms with van der Waals surface area (Å²) in [5, 5.41) is 2.03. The number of hydrogen-bond acceptors (Lipinski definition) is 4. The molecule has 0 radical (unpaired) electrons. The van der Waals surface area contributed by atoms with Crippen LogP contribution in [-0.2, 0) is 13.2 Å². The molecule has 30 heavy (non-hydrogen) atoms. The Morgan fingerprint density at radius 2 is 1.63 bits per heavy atom. The molecule has 1 amide bonds. The van der Waals surface area contributed by atoms with E-state index in [2.05, 4.69) is 55.1 Å². The first-order valence-electron chi connectivity index (χ1n) is 10.4. The first-order chi connectivity index (χ1) is 14.6. The van der Waals surface area contributed by atoms with Crippen molar-refractivity contribution in [1.82, 2.24) is 9.80 Å². The number of piperazine rings is 1. The van der Waals surface area contributed by atoms with E-state index in [4.69, 9.17) is 4.74 Å². The monoisotopic (exact) mass is 420 g/mol. The summed E-state index contributed by atoms with van der Waals surface area (Å²) in [5.41, 5.74) is 4.64. The minimum absolute atomic E-state index is 0.137. The number of para-hydroxylation sites is 1. The van der Waals surface area contributed by atoms with Crippen LogP contribution in [-0.4, -0.2) is 41.9 Å². The van der Waals surface area contributed by atoms with Crippen molar-refractivity contribution in [3.63, 3.8) is 0 Å². The summed E-state index contributed by atoms with van der Waals surface area (Å²) in [6.07, 6.45) is 0. The van der Waals surface area contributed by atoms with Crippen molar-refractivity contribution in [2.45, 2.75) is 27.0 Å². The zero-order valence-corrected chi connectivity index (χ0v) is 18.5. The van der Waals surface area contributed by atoms with Crippen LogP contribution in [0.1, 0.15) is 31.9 Å². The van der Waals surface area contributed by atoms with Gasteiger partial charge in [-0.05, 0) is 42.0 Å². The Morgan fingerprint density at radius 1 is 0.933 bits per heavy atom. The lowest BCUT2D eigenvalue weighted by Gasteiger charge is -2.34. The molecule has 2 heterocycles. The van der Waals surface area contributed by atoms with Crippen LogP contribution in [0.5, 0.6) is 5.75 Å². The molecular weight excluding hydrogens is 392 g/mol. The highest BCUT2D eigenvalue weighted by atomic mass is 32.1. The Bertz CT molecular complexity index is 971. The van der Waals surface area contributed by atoms with E-state index in [0.717, 1.165) is 60.0 Å². The third-order valence-electron chi connectivity index (χ3n) is 5.56. The minimum Gasteiger partial charge on any atom is -0.488 e. The molecule has 5 heteroatoms. The predicted molar refractivity (Wildman–Crippen MR) is 122 cm³/mol. The van der Waals surface area contributed by atoms with Gasteiger partial charge in [0.1, 0.15) is 12.4 Å². The number of amides is 1. The largest absolute Gasteiger partial charge is 0.488 e. The van der Waals surface area contributed by atoms with Gasteiger partial charge in [0.05, 0.1) is 4.88 Å². The summed E-state index contributed by atoms with van der Waals surface area (Å²) in [5.74, 6) is 1.07. The van der Waals surface area contributed by atoms with Gasteiger partial charge >= 0.3 is 0 Å². The van der Waals surface area contributed by atoms with Crippen molar-refractivity contribution in [2.75, 3.05) is 26.2 Å². The van der Waals surface area contributed by atoms with Crippen LogP contribution >= 0.6 is 11.3 Å². The summed E-state index contributed by atoms with van der Waals surface area (Å²) in [6.45, 7) is 8.92. The Morgan fingerprint density at radius 3 is 2.33 bits per heavy atom. The maximum atomic E-state index is 12.9. The van der Waals surface area contributed by atoms with Gasteiger partial charge in [-0.1, -0.05) is 48.5 Å². The topological polar surface area (TPSA) is 32.8 Å². The fourth-order valence-corrected chi connectivity index (χ4v) is 4.72. The van der Waals surface area contributed by atoms with E-state index in [-0.39, 0.29) is 5.91 Å². The molecule has 0 atom stereocenters.